The van der Waals surface area contributed by atoms with Crippen LogP contribution in [0.3, 0.4) is 0 Å². The first-order chi connectivity index (χ1) is 8.47. The summed E-state index contributed by atoms with van der Waals surface area (Å²) in [7, 11) is 3.52. The molecule has 0 spiro atoms. The summed E-state index contributed by atoms with van der Waals surface area (Å²) >= 11 is 0. The number of carbonyl (C=O) groups is 2. The summed E-state index contributed by atoms with van der Waals surface area (Å²) in [5, 5.41) is 0. The zero-order chi connectivity index (χ0) is 13.7. The van der Waals surface area contributed by atoms with E-state index in [1.165, 1.54) is 0 Å². The molecule has 0 aromatic carbocycles. The summed E-state index contributed by atoms with van der Waals surface area (Å²) in [6, 6.07) is -0.135. The van der Waals surface area contributed by atoms with Crippen molar-refractivity contribution in [2.45, 2.75) is 19.9 Å². The lowest BCUT2D eigenvalue weighted by atomic mass is 10.2. The SMILES string of the molecule is CCOC(=O)N1CCN(C(C)C(=O)N(C)C)CC1. The molecule has 1 rings (SSSR count). The van der Waals surface area contributed by atoms with Crippen molar-refractivity contribution in [3.8, 4) is 0 Å². The Labute approximate surface area is 108 Å². The first kappa shape index (κ1) is 14.8. The molecular weight excluding hydrogens is 234 g/mol. The van der Waals surface area contributed by atoms with E-state index < -0.39 is 0 Å². The number of carbonyl (C=O) groups excluding carboxylic acids is 2. The van der Waals surface area contributed by atoms with Gasteiger partial charge in [0.25, 0.3) is 0 Å². The van der Waals surface area contributed by atoms with Crippen molar-refractivity contribution in [2.24, 2.45) is 0 Å². The number of hydrogen-bond acceptors (Lipinski definition) is 4. The molecule has 0 aliphatic carbocycles. The molecule has 0 radical (unpaired) electrons. The normalized spacial score (nSPS) is 18.3. The van der Waals surface area contributed by atoms with Crippen molar-refractivity contribution in [2.75, 3.05) is 46.9 Å². The highest BCUT2D eigenvalue weighted by molar-refractivity contribution is 5.81. The molecule has 1 aliphatic heterocycles. The predicted octanol–water partition coefficient (Wildman–Crippen LogP) is 0.237. The van der Waals surface area contributed by atoms with E-state index in [0.29, 0.717) is 32.8 Å². The third-order valence-electron chi connectivity index (χ3n) is 3.19. The van der Waals surface area contributed by atoms with E-state index in [9.17, 15) is 9.59 Å². The average Bonchev–Trinajstić information content (AvgIpc) is 2.37. The lowest BCUT2D eigenvalue weighted by molar-refractivity contribution is -0.134. The minimum absolute atomic E-state index is 0.0968. The van der Waals surface area contributed by atoms with Crippen LogP contribution in [-0.2, 0) is 9.53 Å². The number of likely N-dealkylation sites (N-methyl/N-ethyl adjacent to an activating group) is 1. The van der Waals surface area contributed by atoms with Gasteiger partial charge >= 0.3 is 6.09 Å². The van der Waals surface area contributed by atoms with Gasteiger partial charge in [-0.1, -0.05) is 0 Å². The zero-order valence-corrected chi connectivity index (χ0v) is 11.7. The fourth-order valence-electron chi connectivity index (χ4n) is 2.04. The number of hydrogen-bond donors (Lipinski definition) is 0. The van der Waals surface area contributed by atoms with Gasteiger partial charge < -0.3 is 14.5 Å². The lowest BCUT2D eigenvalue weighted by Crippen LogP contribution is -2.54. The maximum absolute atomic E-state index is 11.8. The van der Waals surface area contributed by atoms with E-state index in [1.54, 1.807) is 30.8 Å². The Morgan fingerprint density at radius 1 is 1.22 bits per heavy atom. The predicted molar refractivity (Wildman–Crippen MR) is 68.3 cm³/mol. The molecule has 0 aromatic heterocycles. The Morgan fingerprint density at radius 3 is 2.22 bits per heavy atom. The van der Waals surface area contributed by atoms with Crippen LogP contribution in [0.15, 0.2) is 0 Å². The van der Waals surface area contributed by atoms with E-state index in [4.69, 9.17) is 4.74 Å². The van der Waals surface area contributed by atoms with Gasteiger partial charge in [0.15, 0.2) is 0 Å². The number of rotatable bonds is 3. The summed E-state index contributed by atoms with van der Waals surface area (Å²) in [5.74, 6) is 0.0968. The van der Waals surface area contributed by atoms with Crippen LogP contribution in [-0.4, -0.2) is 79.6 Å². The number of amides is 2. The molecular formula is C12H23N3O3. The maximum Gasteiger partial charge on any atom is 0.409 e. The number of nitrogens with zero attached hydrogens (tertiary/aromatic N) is 3. The minimum Gasteiger partial charge on any atom is -0.450 e. The van der Waals surface area contributed by atoms with Crippen LogP contribution in [0, 0.1) is 0 Å². The van der Waals surface area contributed by atoms with Crippen molar-refractivity contribution in [3.05, 3.63) is 0 Å². The van der Waals surface area contributed by atoms with Crippen molar-refractivity contribution < 1.29 is 14.3 Å². The standard InChI is InChI=1S/C12H23N3O3/c1-5-18-12(17)15-8-6-14(7-9-15)10(2)11(16)13(3)4/h10H,5-9H2,1-4H3. The second-order valence-electron chi connectivity index (χ2n) is 4.63. The molecule has 1 heterocycles. The van der Waals surface area contributed by atoms with Gasteiger partial charge in [-0.05, 0) is 13.8 Å². The largest absolute Gasteiger partial charge is 0.450 e. The van der Waals surface area contributed by atoms with E-state index in [0.717, 1.165) is 0 Å². The molecule has 1 saturated heterocycles. The molecule has 6 nitrogen and oxygen atoms in total. The zero-order valence-electron chi connectivity index (χ0n) is 11.7. The first-order valence-corrected chi connectivity index (χ1v) is 6.34. The van der Waals surface area contributed by atoms with Gasteiger partial charge in [0.2, 0.25) is 5.91 Å². The fourth-order valence-corrected chi connectivity index (χ4v) is 2.04. The van der Waals surface area contributed by atoms with Crippen molar-refractivity contribution >= 4 is 12.0 Å². The van der Waals surface area contributed by atoms with Crippen molar-refractivity contribution in [1.29, 1.82) is 0 Å². The Morgan fingerprint density at radius 2 is 1.78 bits per heavy atom. The smallest absolute Gasteiger partial charge is 0.409 e. The Kier molecular flexibility index (Phi) is 5.40. The monoisotopic (exact) mass is 257 g/mol. The molecule has 104 valence electrons. The highest BCUT2D eigenvalue weighted by Crippen LogP contribution is 2.09. The average molecular weight is 257 g/mol. The van der Waals surface area contributed by atoms with Gasteiger partial charge in [0, 0.05) is 40.3 Å². The molecule has 6 heteroatoms. The molecule has 1 aliphatic rings. The summed E-state index contributed by atoms with van der Waals surface area (Å²) < 4.78 is 4.96. The second-order valence-corrected chi connectivity index (χ2v) is 4.63. The van der Waals surface area contributed by atoms with Crippen LogP contribution in [0.25, 0.3) is 0 Å². The molecule has 1 fully saturated rings. The van der Waals surface area contributed by atoms with Gasteiger partial charge in [0.05, 0.1) is 12.6 Å². The van der Waals surface area contributed by atoms with Crippen molar-refractivity contribution in [3.63, 3.8) is 0 Å². The Balaban J connectivity index is 2.44. The molecule has 18 heavy (non-hydrogen) atoms. The van der Waals surface area contributed by atoms with Gasteiger partial charge in [-0.25, -0.2) is 4.79 Å². The third-order valence-corrected chi connectivity index (χ3v) is 3.19. The molecule has 1 atom stereocenters. The maximum atomic E-state index is 11.8. The third kappa shape index (κ3) is 3.60. The molecule has 1 unspecified atom stereocenters. The molecule has 0 saturated carbocycles. The Hall–Kier alpha value is -1.30. The van der Waals surface area contributed by atoms with Gasteiger partial charge in [0.1, 0.15) is 0 Å². The summed E-state index contributed by atoms with van der Waals surface area (Å²) in [4.78, 5) is 28.7. The van der Waals surface area contributed by atoms with Crippen molar-refractivity contribution in [1.82, 2.24) is 14.7 Å². The van der Waals surface area contributed by atoms with Crippen LogP contribution in [0.5, 0.6) is 0 Å². The van der Waals surface area contributed by atoms with Crippen LogP contribution in [0.2, 0.25) is 0 Å². The molecule has 0 aromatic rings. The van der Waals surface area contributed by atoms with E-state index in [2.05, 4.69) is 4.90 Å². The van der Waals surface area contributed by atoms with E-state index in [-0.39, 0.29) is 18.0 Å². The topological polar surface area (TPSA) is 53.1 Å². The highest BCUT2D eigenvalue weighted by atomic mass is 16.6. The molecule has 0 bridgehead atoms. The summed E-state index contributed by atoms with van der Waals surface area (Å²) in [6.07, 6.45) is -0.260. The highest BCUT2D eigenvalue weighted by Gasteiger charge is 2.28. The van der Waals surface area contributed by atoms with E-state index >= 15 is 0 Å². The molecule has 2 amide bonds. The van der Waals surface area contributed by atoms with Gasteiger partial charge in [-0.2, -0.15) is 0 Å². The van der Waals surface area contributed by atoms with Gasteiger partial charge in [-0.3, -0.25) is 9.69 Å². The van der Waals surface area contributed by atoms with Crippen LogP contribution in [0.4, 0.5) is 4.79 Å². The Bertz CT molecular complexity index is 299. The summed E-state index contributed by atoms with van der Waals surface area (Å²) in [6.45, 7) is 6.75. The number of piperazine rings is 1. The number of ether oxygens (including phenoxy) is 1. The quantitative estimate of drug-likeness (QED) is 0.726. The minimum atomic E-state index is -0.260. The second kappa shape index (κ2) is 6.58. The first-order valence-electron chi connectivity index (χ1n) is 6.34. The van der Waals surface area contributed by atoms with Crippen LogP contribution >= 0.6 is 0 Å². The summed E-state index contributed by atoms with van der Waals surface area (Å²) in [5.41, 5.74) is 0. The van der Waals surface area contributed by atoms with Gasteiger partial charge in [-0.15, -0.1) is 0 Å². The van der Waals surface area contributed by atoms with Crippen LogP contribution < -0.4 is 0 Å². The van der Waals surface area contributed by atoms with E-state index in [1.807, 2.05) is 6.92 Å². The molecule has 0 N–H and O–H groups in total. The lowest BCUT2D eigenvalue weighted by Gasteiger charge is -2.37. The fraction of sp³-hybridized carbons (Fsp3) is 0.833. The van der Waals surface area contributed by atoms with Crippen LogP contribution in [0.1, 0.15) is 13.8 Å².